The Morgan fingerprint density at radius 3 is 2.72 bits per heavy atom. The van der Waals surface area contributed by atoms with Crippen LogP contribution in [-0.4, -0.2) is 25.5 Å². The van der Waals surface area contributed by atoms with E-state index in [9.17, 15) is 4.39 Å². The van der Waals surface area contributed by atoms with E-state index in [1.54, 1.807) is 12.1 Å². The van der Waals surface area contributed by atoms with Crippen LogP contribution in [0.4, 0.5) is 4.39 Å². The Balaban J connectivity index is 2.40. The van der Waals surface area contributed by atoms with Gasteiger partial charge >= 0.3 is 0 Å². The molecule has 2 atom stereocenters. The lowest BCUT2D eigenvalue weighted by molar-refractivity contribution is 0.282. The Kier molecular flexibility index (Phi) is 3.58. The molecule has 1 aromatic carbocycles. The molecule has 98 valence electrons. The van der Waals surface area contributed by atoms with Crippen molar-refractivity contribution < 1.29 is 4.39 Å². The third kappa shape index (κ3) is 2.35. The van der Waals surface area contributed by atoms with E-state index in [0.717, 1.165) is 24.1 Å². The molecule has 0 saturated heterocycles. The zero-order valence-electron chi connectivity index (χ0n) is 11.7. The summed E-state index contributed by atoms with van der Waals surface area (Å²) >= 11 is 0. The van der Waals surface area contributed by atoms with E-state index in [4.69, 9.17) is 0 Å². The monoisotopic (exact) mass is 247 g/mol. The average molecular weight is 247 g/mol. The molecule has 0 bridgehead atoms. The number of allylic oxidation sites excluding steroid dienone is 1. The SMILES string of the molecule is C[C@@H]1C=Cc2ccc(F)cc2[C@]1(C)CCN(C)C. The molecule has 0 radical (unpaired) electrons. The second kappa shape index (κ2) is 4.85. The van der Waals surface area contributed by atoms with E-state index < -0.39 is 0 Å². The lowest BCUT2D eigenvalue weighted by Gasteiger charge is -2.39. The van der Waals surface area contributed by atoms with Crippen LogP contribution in [0.1, 0.15) is 31.4 Å². The first-order valence-electron chi connectivity index (χ1n) is 6.56. The lowest BCUT2D eigenvalue weighted by Crippen LogP contribution is -2.35. The first kappa shape index (κ1) is 13.3. The van der Waals surface area contributed by atoms with E-state index in [2.05, 4.69) is 45.0 Å². The number of benzene rings is 1. The highest BCUT2D eigenvalue weighted by Gasteiger charge is 2.35. The molecule has 0 saturated carbocycles. The first-order chi connectivity index (χ1) is 8.43. The molecule has 0 spiro atoms. The summed E-state index contributed by atoms with van der Waals surface area (Å²) in [6.45, 7) is 5.49. The zero-order chi connectivity index (χ0) is 13.3. The fourth-order valence-corrected chi connectivity index (χ4v) is 2.69. The zero-order valence-corrected chi connectivity index (χ0v) is 11.7. The summed E-state index contributed by atoms with van der Waals surface area (Å²) in [7, 11) is 4.17. The molecule has 18 heavy (non-hydrogen) atoms. The van der Waals surface area contributed by atoms with Crippen molar-refractivity contribution in [2.75, 3.05) is 20.6 Å². The molecule has 1 aromatic rings. The normalized spacial score (nSPS) is 26.4. The van der Waals surface area contributed by atoms with E-state index in [-0.39, 0.29) is 11.2 Å². The maximum absolute atomic E-state index is 13.5. The minimum atomic E-state index is -0.132. The van der Waals surface area contributed by atoms with Crippen molar-refractivity contribution in [3.63, 3.8) is 0 Å². The van der Waals surface area contributed by atoms with Crippen LogP contribution in [0.3, 0.4) is 0 Å². The third-order valence-electron chi connectivity index (χ3n) is 4.28. The van der Waals surface area contributed by atoms with Gasteiger partial charge < -0.3 is 4.90 Å². The maximum Gasteiger partial charge on any atom is 0.123 e. The number of hydrogen-bond donors (Lipinski definition) is 0. The molecule has 1 nitrogen and oxygen atoms in total. The van der Waals surface area contributed by atoms with E-state index >= 15 is 0 Å². The van der Waals surface area contributed by atoms with Crippen molar-refractivity contribution in [3.8, 4) is 0 Å². The number of halogens is 1. The Hall–Kier alpha value is -1.15. The van der Waals surface area contributed by atoms with Gasteiger partial charge in [-0.1, -0.05) is 32.1 Å². The minimum absolute atomic E-state index is 0.0243. The van der Waals surface area contributed by atoms with Crippen molar-refractivity contribution in [3.05, 3.63) is 41.2 Å². The standard InChI is InChI=1S/C16H22FN/c1-12-5-6-13-7-8-14(17)11-15(13)16(12,2)9-10-18(3)4/h5-8,11-12H,9-10H2,1-4H3/t12-,16-/m1/s1. The Morgan fingerprint density at radius 1 is 1.33 bits per heavy atom. The van der Waals surface area contributed by atoms with E-state index in [0.29, 0.717) is 5.92 Å². The second-order valence-electron chi connectivity index (χ2n) is 5.85. The van der Waals surface area contributed by atoms with Gasteiger partial charge in [-0.3, -0.25) is 0 Å². The summed E-state index contributed by atoms with van der Waals surface area (Å²) in [6.07, 6.45) is 5.41. The summed E-state index contributed by atoms with van der Waals surface area (Å²) in [5.74, 6) is 0.305. The van der Waals surface area contributed by atoms with Crippen LogP contribution in [0, 0.1) is 11.7 Å². The third-order valence-corrected chi connectivity index (χ3v) is 4.28. The van der Waals surface area contributed by atoms with E-state index in [1.165, 1.54) is 0 Å². The van der Waals surface area contributed by atoms with Crippen molar-refractivity contribution in [2.24, 2.45) is 5.92 Å². The number of nitrogens with zero attached hydrogens (tertiary/aromatic N) is 1. The summed E-state index contributed by atoms with van der Waals surface area (Å²) in [6, 6.07) is 5.15. The van der Waals surface area contributed by atoms with Crippen molar-refractivity contribution in [1.29, 1.82) is 0 Å². The predicted molar refractivity (Wildman–Crippen MR) is 75.1 cm³/mol. The Bertz CT molecular complexity index is 464. The van der Waals surface area contributed by atoms with Gasteiger partial charge in [0.2, 0.25) is 0 Å². The van der Waals surface area contributed by atoms with Crippen LogP contribution in [-0.2, 0) is 5.41 Å². The summed E-state index contributed by atoms with van der Waals surface area (Å²) in [5.41, 5.74) is 2.34. The molecule has 1 aliphatic rings. The summed E-state index contributed by atoms with van der Waals surface area (Å²) in [4.78, 5) is 2.19. The quantitative estimate of drug-likeness (QED) is 0.787. The molecule has 0 heterocycles. The lowest BCUT2D eigenvalue weighted by atomic mass is 9.66. The van der Waals surface area contributed by atoms with Gasteiger partial charge in [-0.2, -0.15) is 0 Å². The van der Waals surface area contributed by atoms with Gasteiger partial charge in [-0.15, -0.1) is 0 Å². The topological polar surface area (TPSA) is 3.24 Å². The van der Waals surface area contributed by atoms with Crippen LogP contribution in [0.2, 0.25) is 0 Å². The number of rotatable bonds is 3. The molecule has 2 heteroatoms. The predicted octanol–water partition coefficient (Wildman–Crippen LogP) is 3.70. The van der Waals surface area contributed by atoms with Crippen LogP contribution in [0.5, 0.6) is 0 Å². The van der Waals surface area contributed by atoms with Crippen LogP contribution in [0.15, 0.2) is 24.3 Å². The molecule has 0 fully saturated rings. The van der Waals surface area contributed by atoms with Crippen LogP contribution >= 0.6 is 0 Å². The van der Waals surface area contributed by atoms with Gasteiger partial charge in [0.15, 0.2) is 0 Å². The van der Waals surface area contributed by atoms with E-state index in [1.807, 2.05) is 6.07 Å². The van der Waals surface area contributed by atoms with Crippen molar-refractivity contribution in [1.82, 2.24) is 4.90 Å². The highest BCUT2D eigenvalue weighted by Crippen LogP contribution is 2.42. The minimum Gasteiger partial charge on any atom is -0.309 e. The highest BCUT2D eigenvalue weighted by molar-refractivity contribution is 5.60. The summed E-state index contributed by atoms with van der Waals surface area (Å²) < 4.78 is 13.5. The molecular weight excluding hydrogens is 225 g/mol. The fourth-order valence-electron chi connectivity index (χ4n) is 2.69. The molecule has 0 amide bonds. The molecule has 0 unspecified atom stereocenters. The van der Waals surface area contributed by atoms with Crippen LogP contribution < -0.4 is 0 Å². The molecular formula is C16H22FN. The fraction of sp³-hybridized carbons (Fsp3) is 0.500. The smallest absolute Gasteiger partial charge is 0.123 e. The van der Waals surface area contributed by atoms with Crippen molar-refractivity contribution >= 4 is 6.08 Å². The number of hydrogen-bond acceptors (Lipinski definition) is 1. The highest BCUT2D eigenvalue weighted by atomic mass is 19.1. The largest absolute Gasteiger partial charge is 0.309 e. The van der Waals surface area contributed by atoms with Gasteiger partial charge in [0.25, 0.3) is 0 Å². The van der Waals surface area contributed by atoms with Gasteiger partial charge in [-0.25, -0.2) is 4.39 Å². The van der Waals surface area contributed by atoms with Crippen LogP contribution in [0.25, 0.3) is 6.08 Å². The van der Waals surface area contributed by atoms with Gasteiger partial charge in [0.05, 0.1) is 0 Å². The average Bonchev–Trinajstić information content (AvgIpc) is 2.32. The molecule has 1 aliphatic carbocycles. The summed E-state index contributed by atoms with van der Waals surface area (Å²) in [5, 5.41) is 0. The molecule has 0 aromatic heterocycles. The molecule has 0 N–H and O–H groups in total. The molecule has 2 rings (SSSR count). The number of fused-ring (bicyclic) bond motifs is 1. The van der Waals surface area contributed by atoms with Gasteiger partial charge in [-0.05, 0) is 56.2 Å². The first-order valence-corrected chi connectivity index (χ1v) is 6.56. The Labute approximate surface area is 109 Å². The van der Waals surface area contributed by atoms with Gasteiger partial charge in [0, 0.05) is 5.41 Å². The van der Waals surface area contributed by atoms with Gasteiger partial charge in [0.1, 0.15) is 5.82 Å². The second-order valence-corrected chi connectivity index (χ2v) is 5.85. The van der Waals surface area contributed by atoms with Crippen molar-refractivity contribution in [2.45, 2.75) is 25.7 Å². The molecule has 0 aliphatic heterocycles. The maximum atomic E-state index is 13.5. The Morgan fingerprint density at radius 2 is 2.06 bits per heavy atom.